The van der Waals surface area contributed by atoms with Crippen LogP contribution in [0.15, 0.2) is 181 Å². The smallest absolute Gasteiger partial charge is 0.248 e. The van der Waals surface area contributed by atoms with Gasteiger partial charge in [0, 0.05) is 45.1 Å². The first-order valence-electron chi connectivity index (χ1n) is 18.1. The lowest BCUT2D eigenvalue weighted by molar-refractivity contribution is 0.666. The van der Waals surface area contributed by atoms with Crippen molar-refractivity contribution in [2.75, 3.05) is 9.80 Å². The SMILES string of the molecule is CC1(C)C2=C(c3ccccc31)N(c1ccccc1)c1cccc3c1B2c1cccc2c1N3c1ccccc1[Si]2(c1ccccc1)c1ccccc1. The quantitative estimate of drug-likeness (QED) is 0.185. The Kier molecular flexibility index (Phi) is 5.87. The minimum absolute atomic E-state index is 0.100. The average Bonchev–Trinajstić information content (AvgIpc) is 3.43. The molecule has 7 aromatic carbocycles. The number of benzene rings is 7. The van der Waals surface area contributed by atoms with Crippen LogP contribution < -0.4 is 41.5 Å². The second-order valence-electron chi connectivity index (χ2n) is 14.8. The van der Waals surface area contributed by atoms with Crippen molar-refractivity contribution in [1.29, 1.82) is 0 Å². The van der Waals surface area contributed by atoms with E-state index in [9.17, 15) is 0 Å². The lowest BCUT2D eigenvalue weighted by Crippen LogP contribution is -2.78. The number of fused-ring (bicyclic) bond motifs is 7. The molecule has 0 N–H and O–H groups in total. The molecule has 0 aromatic heterocycles. The number of rotatable bonds is 3. The van der Waals surface area contributed by atoms with Crippen LogP contribution in [0.4, 0.5) is 28.4 Å². The van der Waals surface area contributed by atoms with E-state index in [-0.39, 0.29) is 12.1 Å². The molecule has 240 valence electrons. The molecule has 0 radical (unpaired) electrons. The van der Waals surface area contributed by atoms with Gasteiger partial charge in [0.2, 0.25) is 6.71 Å². The summed E-state index contributed by atoms with van der Waals surface area (Å²) in [6, 6.07) is 66.5. The molecule has 51 heavy (non-hydrogen) atoms. The Morgan fingerprint density at radius 2 is 1.04 bits per heavy atom. The summed E-state index contributed by atoms with van der Waals surface area (Å²) < 4.78 is 0. The van der Waals surface area contributed by atoms with Crippen LogP contribution >= 0.6 is 0 Å². The third-order valence-electron chi connectivity index (χ3n) is 12.1. The molecular weight excluding hydrogens is 631 g/mol. The Labute approximate surface area is 301 Å². The molecule has 0 atom stereocenters. The van der Waals surface area contributed by atoms with Crippen LogP contribution in [0.1, 0.15) is 25.0 Å². The molecule has 0 saturated carbocycles. The molecule has 3 heterocycles. The summed E-state index contributed by atoms with van der Waals surface area (Å²) in [4.78, 5) is 5.20. The summed E-state index contributed by atoms with van der Waals surface area (Å²) in [6.07, 6.45) is 0. The second kappa shape index (κ2) is 10.3. The van der Waals surface area contributed by atoms with Crippen molar-refractivity contribution in [1.82, 2.24) is 0 Å². The van der Waals surface area contributed by atoms with Crippen LogP contribution in [0.25, 0.3) is 5.70 Å². The first-order chi connectivity index (χ1) is 25.1. The van der Waals surface area contributed by atoms with Gasteiger partial charge in [0.15, 0.2) is 8.07 Å². The van der Waals surface area contributed by atoms with Crippen molar-refractivity contribution >= 4 is 80.6 Å². The minimum Gasteiger partial charge on any atom is -0.312 e. The highest BCUT2D eigenvalue weighted by Crippen LogP contribution is 2.55. The number of hydrogen-bond donors (Lipinski definition) is 0. The summed E-state index contributed by atoms with van der Waals surface area (Å²) in [5.41, 5.74) is 14.6. The van der Waals surface area contributed by atoms with E-state index in [1.54, 1.807) is 0 Å². The highest BCUT2D eigenvalue weighted by Gasteiger charge is 2.56. The number of nitrogens with zero attached hydrogens (tertiary/aromatic N) is 2. The van der Waals surface area contributed by atoms with Crippen molar-refractivity contribution in [2.24, 2.45) is 0 Å². The van der Waals surface area contributed by atoms with Crippen LogP contribution in [-0.4, -0.2) is 14.8 Å². The maximum atomic E-state index is 2.64. The van der Waals surface area contributed by atoms with E-state index in [0.717, 1.165) is 0 Å². The first kappa shape index (κ1) is 28.9. The van der Waals surface area contributed by atoms with Crippen molar-refractivity contribution in [2.45, 2.75) is 19.3 Å². The summed E-state index contributed by atoms with van der Waals surface area (Å²) in [6.45, 7) is 5.01. The zero-order valence-electron chi connectivity index (χ0n) is 28.7. The standard InChI is InChI=1S/C47H35BN2Si/c1-47(2)36-25-13-12-24-35(36)44-46(47)48-37-26-16-31-42-45(37)50(40-29-17-28-39(43(40)48)49(44)32-18-6-3-7-19-32)38-27-14-15-30-41(38)51(42,33-20-8-4-9-21-33)34-22-10-5-11-23-34/h3-31H,1-2H3. The first-order valence-corrected chi connectivity index (χ1v) is 20.1. The number of anilines is 5. The van der Waals surface area contributed by atoms with Crippen molar-refractivity contribution in [3.8, 4) is 0 Å². The van der Waals surface area contributed by atoms with Gasteiger partial charge < -0.3 is 9.80 Å². The molecule has 4 aliphatic rings. The van der Waals surface area contributed by atoms with Crippen molar-refractivity contribution in [3.05, 3.63) is 193 Å². The minimum atomic E-state index is -2.76. The molecule has 11 rings (SSSR count). The van der Waals surface area contributed by atoms with Crippen LogP contribution in [0.5, 0.6) is 0 Å². The summed E-state index contributed by atoms with van der Waals surface area (Å²) in [5.74, 6) is 0. The van der Waals surface area contributed by atoms with Gasteiger partial charge in [-0.05, 0) is 67.6 Å². The fraction of sp³-hybridized carbons (Fsp3) is 0.0638. The van der Waals surface area contributed by atoms with Crippen LogP contribution in [0.2, 0.25) is 0 Å². The van der Waals surface area contributed by atoms with Crippen LogP contribution in [0.3, 0.4) is 0 Å². The number of para-hydroxylation sites is 3. The lowest BCUT2D eigenvalue weighted by Gasteiger charge is -2.51. The van der Waals surface area contributed by atoms with Crippen molar-refractivity contribution < 1.29 is 0 Å². The van der Waals surface area contributed by atoms with Gasteiger partial charge >= 0.3 is 0 Å². The van der Waals surface area contributed by atoms with Gasteiger partial charge in [-0.3, -0.25) is 0 Å². The largest absolute Gasteiger partial charge is 0.312 e. The van der Waals surface area contributed by atoms with E-state index >= 15 is 0 Å². The van der Waals surface area contributed by atoms with E-state index in [0.29, 0.717) is 0 Å². The summed E-state index contributed by atoms with van der Waals surface area (Å²) >= 11 is 0. The number of hydrogen-bond acceptors (Lipinski definition) is 2. The van der Waals surface area contributed by atoms with Gasteiger partial charge in [-0.1, -0.05) is 165 Å². The van der Waals surface area contributed by atoms with E-state index in [1.807, 2.05) is 0 Å². The van der Waals surface area contributed by atoms with Gasteiger partial charge in [-0.15, -0.1) is 0 Å². The summed E-state index contributed by atoms with van der Waals surface area (Å²) in [5, 5.41) is 5.74. The van der Waals surface area contributed by atoms with Gasteiger partial charge in [-0.25, -0.2) is 0 Å². The molecule has 4 heteroatoms. The van der Waals surface area contributed by atoms with Gasteiger partial charge in [0.05, 0.1) is 0 Å². The second-order valence-corrected chi connectivity index (χ2v) is 18.6. The molecule has 0 fully saturated rings. The molecule has 0 saturated heterocycles. The fourth-order valence-corrected chi connectivity index (χ4v) is 15.4. The molecule has 0 unspecified atom stereocenters. The fourth-order valence-electron chi connectivity index (χ4n) is 10.2. The van der Waals surface area contributed by atoms with E-state index < -0.39 is 8.07 Å². The predicted molar refractivity (Wildman–Crippen MR) is 218 cm³/mol. The van der Waals surface area contributed by atoms with Gasteiger partial charge in [0.1, 0.15) is 0 Å². The Bertz CT molecular complexity index is 2540. The molecule has 0 spiro atoms. The van der Waals surface area contributed by atoms with Crippen LogP contribution in [-0.2, 0) is 5.41 Å². The third kappa shape index (κ3) is 3.58. The van der Waals surface area contributed by atoms with Gasteiger partial charge in [0.25, 0.3) is 0 Å². The highest BCUT2D eigenvalue weighted by atomic mass is 28.3. The zero-order chi connectivity index (χ0) is 33.9. The maximum absolute atomic E-state index is 2.76. The Morgan fingerprint density at radius 1 is 0.490 bits per heavy atom. The molecule has 3 aliphatic heterocycles. The third-order valence-corrected chi connectivity index (χ3v) is 17.0. The molecule has 1 aliphatic carbocycles. The van der Waals surface area contributed by atoms with Gasteiger partial charge in [-0.2, -0.15) is 0 Å². The normalized spacial score (nSPS) is 16.5. The Hall–Kier alpha value is -5.84. The average molecular weight is 667 g/mol. The molecule has 7 aromatic rings. The molecule has 0 amide bonds. The number of allylic oxidation sites excluding steroid dienone is 1. The van der Waals surface area contributed by atoms with E-state index in [2.05, 4.69) is 200 Å². The molecular formula is C47H35BN2Si. The molecule has 0 bridgehead atoms. The highest BCUT2D eigenvalue weighted by molar-refractivity contribution is 7.22. The topological polar surface area (TPSA) is 6.48 Å². The predicted octanol–water partition coefficient (Wildman–Crippen LogP) is 7.16. The lowest BCUT2D eigenvalue weighted by atomic mass is 9.30. The van der Waals surface area contributed by atoms with E-state index in [4.69, 9.17) is 0 Å². The Balaban J connectivity index is 1.31. The van der Waals surface area contributed by atoms with Crippen LogP contribution in [0, 0.1) is 0 Å². The zero-order valence-corrected chi connectivity index (χ0v) is 29.7. The van der Waals surface area contributed by atoms with Crippen molar-refractivity contribution in [3.63, 3.8) is 0 Å². The molecule has 2 nitrogen and oxygen atoms in total. The monoisotopic (exact) mass is 666 g/mol. The Morgan fingerprint density at radius 3 is 1.76 bits per heavy atom. The summed E-state index contributed by atoms with van der Waals surface area (Å²) in [7, 11) is -2.76. The maximum Gasteiger partial charge on any atom is 0.248 e. The van der Waals surface area contributed by atoms with E-state index in [1.165, 1.54) is 82.4 Å².